The number of pyridine rings is 1. The molecule has 0 saturated heterocycles. The van der Waals surface area contributed by atoms with Crippen molar-refractivity contribution in [2.24, 2.45) is 0 Å². The molecule has 1 aromatic heterocycles. The van der Waals surface area contributed by atoms with Crippen molar-refractivity contribution in [2.45, 2.75) is 6.92 Å². The third kappa shape index (κ3) is 2.15. The first-order valence-corrected chi connectivity index (χ1v) is 5.73. The number of hydrogen-bond donors (Lipinski definition) is 0. The quantitative estimate of drug-likeness (QED) is 0.491. The lowest BCUT2D eigenvalue weighted by Crippen LogP contribution is -1.99. The van der Waals surface area contributed by atoms with Crippen molar-refractivity contribution in [3.05, 3.63) is 33.0 Å². The summed E-state index contributed by atoms with van der Waals surface area (Å²) in [6, 6.07) is 2.90. The third-order valence-electron chi connectivity index (χ3n) is 2.77. The number of halogens is 1. The minimum Gasteiger partial charge on any atom is -0.494 e. The number of fused-ring (bicyclic) bond motifs is 1. The molecule has 100 valence electrons. The van der Waals surface area contributed by atoms with Gasteiger partial charge >= 0.3 is 5.69 Å². The number of nitro groups is 1. The molecule has 1 heterocycles. The molecule has 19 heavy (non-hydrogen) atoms. The lowest BCUT2D eigenvalue weighted by molar-refractivity contribution is -0.385. The zero-order valence-corrected chi connectivity index (χ0v) is 11.3. The summed E-state index contributed by atoms with van der Waals surface area (Å²) in [6.07, 6.45) is 0. The van der Waals surface area contributed by atoms with Crippen molar-refractivity contribution in [2.75, 3.05) is 14.2 Å². The molecule has 0 aliphatic carbocycles. The molecule has 2 aromatic rings. The first-order chi connectivity index (χ1) is 8.99. The van der Waals surface area contributed by atoms with Gasteiger partial charge in [-0.05, 0) is 18.6 Å². The second kappa shape index (κ2) is 4.89. The lowest BCUT2D eigenvalue weighted by atomic mass is 10.1. The molecule has 0 aliphatic heterocycles. The van der Waals surface area contributed by atoms with Gasteiger partial charge in [0.2, 0.25) is 5.75 Å². The van der Waals surface area contributed by atoms with Crippen molar-refractivity contribution < 1.29 is 14.4 Å². The van der Waals surface area contributed by atoms with Crippen molar-refractivity contribution in [1.82, 2.24) is 4.98 Å². The number of hydrogen-bond acceptors (Lipinski definition) is 5. The largest absolute Gasteiger partial charge is 0.494 e. The zero-order valence-electron chi connectivity index (χ0n) is 10.6. The van der Waals surface area contributed by atoms with E-state index in [1.165, 1.54) is 20.3 Å². The van der Waals surface area contributed by atoms with Gasteiger partial charge < -0.3 is 9.47 Å². The van der Waals surface area contributed by atoms with E-state index in [9.17, 15) is 10.1 Å². The predicted octanol–water partition coefficient (Wildman–Crippen LogP) is 3.12. The molecule has 1 aromatic carbocycles. The van der Waals surface area contributed by atoms with Gasteiger partial charge in [0.15, 0.2) is 5.75 Å². The van der Waals surface area contributed by atoms with E-state index in [0.29, 0.717) is 16.1 Å². The van der Waals surface area contributed by atoms with Gasteiger partial charge in [0.25, 0.3) is 0 Å². The minimum absolute atomic E-state index is 0.155. The Bertz CT molecular complexity index is 673. The monoisotopic (exact) mass is 282 g/mol. The fourth-order valence-corrected chi connectivity index (χ4v) is 2.23. The van der Waals surface area contributed by atoms with Crippen LogP contribution in [0, 0.1) is 17.0 Å². The van der Waals surface area contributed by atoms with E-state index in [1.54, 1.807) is 13.0 Å². The van der Waals surface area contributed by atoms with Gasteiger partial charge in [-0.25, -0.2) is 4.98 Å². The van der Waals surface area contributed by atoms with Crippen LogP contribution in [0.15, 0.2) is 12.1 Å². The Morgan fingerprint density at radius 3 is 2.53 bits per heavy atom. The normalized spacial score (nSPS) is 10.5. The highest BCUT2D eigenvalue weighted by Crippen LogP contribution is 2.42. The van der Waals surface area contributed by atoms with E-state index in [-0.39, 0.29) is 17.2 Å². The van der Waals surface area contributed by atoms with Crippen LogP contribution in [-0.2, 0) is 0 Å². The standard InChI is InChI=1S/C12H11ClN2O4/c1-6-4-9(13)14-11-8(18-2)5-7(15(16)17)12(19-3)10(6)11/h4-5H,1-3H3. The summed E-state index contributed by atoms with van der Waals surface area (Å²) in [7, 11) is 2.80. The van der Waals surface area contributed by atoms with Gasteiger partial charge in [0.1, 0.15) is 10.7 Å². The van der Waals surface area contributed by atoms with Crippen LogP contribution in [0.1, 0.15) is 5.56 Å². The molecule has 0 aliphatic rings. The third-order valence-corrected chi connectivity index (χ3v) is 2.96. The van der Waals surface area contributed by atoms with E-state index in [0.717, 1.165) is 5.56 Å². The molecular weight excluding hydrogens is 272 g/mol. The minimum atomic E-state index is -0.519. The number of nitrogens with zero attached hydrogens (tertiary/aromatic N) is 2. The van der Waals surface area contributed by atoms with Crippen molar-refractivity contribution in [3.63, 3.8) is 0 Å². The van der Waals surface area contributed by atoms with Crippen LogP contribution in [0.3, 0.4) is 0 Å². The average molecular weight is 283 g/mol. The number of rotatable bonds is 3. The smallest absolute Gasteiger partial charge is 0.315 e. The summed E-state index contributed by atoms with van der Waals surface area (Å²) in [4.78, 5) is 14.7. The fraction of sp³-hybridized carbons (Fsp3) is 0.250. The summed E-state index contributed by atoms with van der Waals surface area (Å²) >= 11 is 5.91. The summed E-state index contributed by atoms with van der Waals surface area (Å²) in [5.74, 6) is 0.440. The molecule has 2 rings (SSSR count). The predicted molar refractivity (Wildman–Crippen MR) is 71.2 cm³/mol. The molecule has 0 unspecified atom stereocenters. The van der Waals surface area contributed by atoms with Crippen LogP contribution < -0.4 is 9.47 Å². The van der Waals surface area contributed by atoms with Crippen molar-refractivity contribution in [1.29, 1.82) is 0 Å². The lowest BCUT2D eigenvalue weighted by Gasteiger charge is -2.12. The molecule has 0 saturated carbocycles. The highest BCUT2D eigenvalue weighted by molar-refractivity contribution is 6.30. The summed E-state index contributed by atoms with van der Waals surface area (Å²) in [5, 5.41) is 11.9. The van der Waals surface area contributed by atoms with Crippen LogP contribution in [0.2, 0.25) is 5.15 Å². The van der Waals surface area contributed by atoms with E-state index >= 15 is 0 Å². The van der Waals surface area contributed by atoms with Gasteiger partial charge in [0.05, 0.1) is 30.6 Å². The van der Waals surface area contributed by atoms with Crippen molar-refractivity contribution >= 4 is 28.2 Å². The van der Waals surface area contributed by atoms with E-state index in [1.807, 2.05) is 0 Å². The molecule has 0 bridgehead atoms. The van der Waals surface area contributed by atoms with E-state index in [2.05, 4.69) is 4.98 Å². The molecule has 0 atom stereocenters. The summed E-state index contributed by atoms with van der Waals surface area (Å²) in [6.45, 7) is 1.78. The van der Waals surface area contributed by atoms with Gasteiger partial charge in [-0.3, -0.25) is 10.1 Å². The number of aromatic nitrogens is 1. The van der Waals surface area contributed by atoms with Gasteiger partial charge in [-0.2, -0.15) is 0 Å². The number of ether oxygens (including phenoxy) is 2. The maximum absolute atomic E-state index is 11.1. The van der Waals surface area contributed by atoms with Crippen LogP contribution >= 0.6 is 11.6 Å². The SMILES string of the molecule is COc1cc([N+](=O)[O-])c(OC)c2c(C)cc(Cl)nc12. The Hall–Kier alpha value is -2.08. The molecule has 0 spiro atoms. The van der Waals surface area contributed by atoms with Crippen molar-refractivity contribution in [3.8, 4) is 11.5 Å². The van der Waals surface area contributed by atoms with Gasteiger partial charge in [-0.1, -0.05) is 11.6 Å². The molecule has 7 heteroatoms. The van der Waals surface area contributed by atoms with Gasteiger partial charge in [0, 0.05) is 0 Å². The fourth-order valence-electron chi connectivity index (χ4n) is 1.98. The Kier molecular flexibility index (Phi) is 3.44. The number of nitro benzene ring substituents is 1. The number of benzene rings is 1. The second-order valence-corrected chi connectivity index (χ2v) is 4.26. The Morgan fingerprint density at radius 2 is 2.00 bits per heavy atom. The molecular formula is C12H11ClN2O4. The first kappa shape index (κ1) is 13.4. The molecule has 0 radical (unpaired) electrons. The Morgan fingerprint density at radius 1 is 1.32 bits per heavy atom. The maximum atomic E-state index is 11.1. The highest BCUT2D eigenvalue weighted by Gasteiger charge is 2.24. The first-order valence-electron chi connectivity index (χ1n) is 5.35. The summed E-state index contributed by atoms with van der Waals surface area (Å²) < 4.78 is 10.3. The van der Waals surface area contributed by atoms with Crippen LogP contribution in [-0.4, -0.2) is 24.1 Å². The molecule has 0 fully saturated rings. The number of methoxy groups -OCH3 is 2. The maximum Gasteiger partial charge on any atom is 0.315 e. The molecule has 0 N–H and O–H groups in total. The van der Waals surface area contributed by atoms with Gasteiger partial charge in [-0.15, -0.1) is 0 Å². The zero-order chi connectivity index (χ0) is 14.2. The van der Waals surface area contributed by atoms with Crippen LogP contribution in [0.25, 0.3) is 10.9 Å². The topological polar surface area (TPSA) is 74.5 Å². The highest BCUT2D eigenvalue weighted by atomic mass is 35.5. The summed E-state index contributed by atoms with van der Waals surface area (Å²) in [5.41, 5.74) is 1.00. The Balaban J connectivity index is 3.00. The number of aryl methyl sites for hydroxylation is 1. The molecule has 6 nitrogen and oxygen atoms in total. The van der Waals surface area contributed by atoms with E-state index < -0.39 is 4.92 Å². The second-order valence-electron chi connectivity index (χ2n) is 3.87. The Labute approximate surface area is 114 Å². The van der Waals surface area contributed by atoms with E-state index in [4.69, 9.17) is 21.1 Å². The van der Waals surface area contributed by atoms with Crippen LogP contribution in [0.5, 0.6) is 11.5 Å². The average Bonchev–Trinajstić information content (AvgIpc) is 2.36. The van der Waals surface area contributed by atoms with Crippen LogP contribution in [0.4, 0.5) is 5.69 Å². The molecule has 0 amide bonds.